The third-order valence-electron chi connectivity index (χ3n) is 3.73. The van der Waals surface area contributed by atoms with E-state index in [9.17, 15) is 0 Å². The van der Waals surface area contributed by atoms with Gasteiger partial charge in [-0.3, -0.25) is 0 Å². The molecule has 1 aromatic heterocycles. The van der Waals surface area contributed by atoms with Crippen LogP contribution in [-0.4, -0.2) is 30.6 Å². The van der Waals surface area contributed by atoms with Gasteiger partial charge in [0.2, 0.25) is 0 Å². The molecule has 2 aliphatic heterocycles. The summed E-state index contributed by atoms with van der Waals surface area (Å²) in [4.78, 5) is 0. The Morgan fingerprint density at radius 2 is 2.08 bits per heavy atom. The molecule has 4 aliphatic rings. The number of thiophene rings is 1. The van der Waals surface area contributed by atoms with Crippen LogP contribution in [0, 0.1) is 19.3 Å². The molecule has 0 saturated carbocycles. The van der Waals surface area contributed by atoms with Gasteiger partial charge in [0.05, 0.1) is 6.54 Å². The minimum Gasteiger partial charge on any atom is -0.575 e. The van der Waals surface area contributed by atoms with E-state index < -0.39 is 0 Å². The molecule has 26 heavy (non-hydrogen) atoms. The Hall–Kier alpha value is -2.08. The van der Waals surface area contributed by atoms with Crippen molar-refractivity contribution in [3.05, 3.63) is 83.2 Å². The van der Waals surface area contributed by atoms with Crippen molar-refractivity contribution in [2.45, 2.75) is 6.10 Å². The maximum Gasteiger partial charge on any atom is 2.00 e. The van der Waals surface area contributed by atoms with Crippen LogP contribution in [0.2, 0.25) is 0 Å². The third kappa shape index (κ3) is 4.55. The summed E-state index contributed by atoms with van der Waals surface area (Å²) in [6.07, 6.45) is 19.7. The number of allylic oxidation sites excluding steroid dienone is 8. The van der Waals surface area contributed by atoms with Gasteiger partial charge in [-0.05, 0) is 5.57 Å². The molecule has 7 heteroatoms. The van der Waals surface area contributed by atoms with Crippen molar-refractivity contribution in [2.24, 2.45) is 5.10 Å². The number of nitrogens with zero attached hydrogens (tertiary/aromatic N) is 3. The van der Waals surface area contributed by atoms with Gasteiger partial charge in [-0.15, -0.1) is 24.2 Å². The summed E-state index contributed by atoms with van der Waals surface area (Å²) in [5.74, 6) is 1.65. The van der Waals surface area contributed by atoms with E-state index in [1.54, 1.807) is 22.7 Å². The van der Waals surface area contributed by atoms with Crippen LogP contribution in [0.25, 0.3) is 5.43 Å². The van der Waals surface area contributed by atoms with Gasteiger partial charge >= 0.3 is 17.1 Å². The summed E-state index contributed by atoms with van der Waals surface area (Å²) in [6.45, 7) is 1.10. The summed E-state index contributed by atoms with van der Waals surface area (Å²) < 4.78 is 11.5. The Morgan fingerprint density at radius 1 is 1.23 bits per heavy atom. The molecule has 0 saturated heterocycles. The Labute approximate surface area is 168 Å². The summed E-state index contributed by atoms with van der Waals surface area (Å²) in [5, 5.41) is 9.84. The topological polar surface area (TPSA) is 48.2 Å². The zero-order valence-corrected chi connectivity index (χ0v) is 15.8. The second-order valence-electron chi connectivity index (χ2n) is 5.57. The first-order valence-electron chi connectivity index (χ1n) is 8.03. The van der Waals surface area contributed by atoms with Crippen molar-refractivity contribution in [3.63, 3.8) is 0 Å². The normalized spacial score (nSPS) is 21.2. The standard InChI is InChI=1S/C14H12N3O2S.C5H5.Fe/c1-2-4-10(3-1)12-5-15-17(16-12)6-11-7-18-13-8-20-9-14(13)19-11;1-2-4-5-3-1;/h1-5,8-9,11H,6-7H2;1-5H;/q2*-1;+2. The molecule has 2 radical (unpaired) electrons. The van der Waals surface area contributed by atoms with E-state index in [2.05, 4.69) is 10.5 Å². The summed E-state index contributed by atoms with van der Waals surface area (Å²) in [6, 6.07) is 0. The van der Waals surface area contributed by atoms with Crippen LogP contribution in [0.1, 0.15) is 0 Å². The monoisotopic (exact) mass is 407 g/mol. The molecule has 2 aliphatic carbocycles. The van der Waals surface area contributed by atoms with Crippen molar-refractivity contribution in [2.75, 3.05) is 13.2 Å². The Morgan fingerprint density at radius 3 is 2.81 bits per heavy atom. The molecular weight excluding hydrogens is 390 g/mol. The Balaban J connectivity index is 0.000000285. The van der Waals surface area contributed by atoms with E-state index in [0.29, 0.717) is 13.2 Å². The van der Waals surface area contributed by atoms with E-state index in [4.69, 9.17) is 9.47 Å². The quantitative estimate of drug-likeness (QED) is 0.550. The maximum absolute atomic E-state index is 5.86. The average Bonchev–Trinajstić information content (AvgIpc) is 3.42. The van der Waals surface area contributed by atoms with Crippen LogP contribution in [0.5, 0.6) is 11.5 Å². The van der Waals surface area contributed by atoms with Gasteiger partial charge < -0.3 is 20.0 Å². The van der Waals surface area contributed by atoms with E-state index in [1.165, 1.54) is 0 Å². The fourth-order valence-electron chi connectivity index (χ4n) is 2.52. The number of hydrogen-bond acceptors (Lipinski definition) is 5. The molecule has 5 nitrogen and oxygen atoms in total. The molecule has 0 amide bonds. The molecule has 134 valence electrons. The first-order valence-corrected chi connectivity index (χ1v) is 8.97. The van der Waals surface area contributed by atoms with Crippen molar-refractivity contribution in [3.8, 4) is 11.5 Å². The van der Waals surface area contributed by atoms with E-state index in [1.807, 2.05) is 66.5 Å². The molecule has 5 rings (SSSR count). The molecule has 0 N–H and O–H groups in total. The maximum atomic E-state index is 5.86. The van der Waals surface area contributed by atoms with Gasteiger partial charge in [0.25, 0.3) is 0 Å². The van der Waals surface area contributed by atoms with Crippen LogP contribution < -0.4 is 9.47 Å². The van der Waals surface area contributed by atoms with Gasteiger partial charge in [0.15, 0.2) is 17.6 Å². The number of rotatable bonds is 2. The molecule has 0 spiro atoms. The van der Waals surface area contributed by atoms with Gasteiger partial charge in [-0.2, -0.15) is 0 Å². The van der Waals surface area contributed by atoms with Crippen molar-refractivity contribution in [1.82, 2.24) is 5.12 Å². The van der Waals surface area contributed by atoms with Crippen LogP contribution in [0.3, 0.4) is 0 Å². The number of ether oxygens (including phenoxy) is 2. The average molecular weight is 407 g/mol. The van der Waals surface area contributed by atoms with E-state index >= 15 is 0 Å². The van der Waals surface area contributed by atoms with Crippen LogP contribution in [0.4, 0.5) is 0 Å². The molecule has 1 aromatic rings. The number of hydrogen-bond donors (Lipinski definition) is 0. The predicted octanol–water partition coefficient (Wildman–Crippen LogP) is 4.02. The third-order valence-corrected chi connectivity index (χ3v) is 4.43. The van der Waals surface area contributed by atoms with Crippen molar-refractivity contribution in [1.29, 1.82) is 0 Å². The van der Waals surface area contributed by atoms with Gasteiger partial charge in [-0.25, -0.2) is 23.7 Å². The van der Waals surface area contributed by atoms with Crippen LogP contribution in [0.15, 0.2) is 63.6 Å². The molecule has 1 unspecified atom stereocenters. The first kappa shape index (κ1) is 18.7. The SMILES string of the molecule is C1=CC(=C2C=NN(CC3COc4cscc4O3)[N-]2)C=C1.[CH]1[CH][CH-]C=C1.[Fe+2]. The summed E-state index contributed by atoms with van der Waals surface area (Å²) >= 11 is 1.58. The van der Waals surface area contributed by atoms with Crippen molar-refractivity contribution >= 4 is 17.6 Å². The Bertz CT molecular complexity index is 747. The second kappa shape index (κ2) is 9.03. The summed E-state index contributed by atoms with van der Waals surface area (Å²) in [5.41, 5.74) is 6.42. The minimum absolute atomic E-state index is 0. The zero-order chi connectivity index (χ0) is 16.9. The van der Waals surface area contributed by atoms with Gasteiger partial charge in [0, 0.05) is 17.0 Å². The molecule has 1 atom stereocenters. The number of hydrazone groups is 1. The molecular formula is C19H17FeN3O2S. The van der Waals surface area contributed by atoms with Gasteiger partial charge in [0.1, 0.15) is 6.61 Å². The van der Waals surface area contributed by atoms with Gasteiger partial charge in [-0.1, -0.05) is 30.0 Å². The minimum atomic E-state index is -0.0583. The van der Waals surface area contributed by atoms with Crippen LogP contribution in [-0.2, 0) is 17.1 Å². The Kier molecular flexibility index (Phi) is 6.50. The van der Waals surface area contributed by atoms with Crippen molar-refractivity contribution < 1.29 is 26.5 Å². The number of fused-ring (bicyclic) bond motifs is 1. The zero-order valence-electron chi connectivity index (χ0n) is 13.8. The fraction of sp³-hybridized carbons (Fsp3) is 0.158. The molecule has 0 aromatic carbocycles. The smallest absolute Gasteiger partial charge is 0.575 e. The molecule has 0 fully saturated rings. The molecule has 0 bridgehead atoms. The second-order valence-corrected chi connectivity index (χ2v) is 6.32. The fourth-order valence-corrected chi connectivity index (χ4v) is 3.19. The predicted molar refractivity (Wildman–Crippen MR) is 100 cm³/mol. The largest absolute Gasteiger partial charge is 2.00 e. The molecule has 3 heterocycles. The van der Waals surface area contributed by atoms with E-state index in [0.717, 1.165) is 22.8 Å². The first-order chi connectivity index (χ1) is 12.4. The van der Waals surface area contributed by atoms with E-state index in [-0.39, 0.29) is 23.2 Å². The summed E-state index contributed by atoms with van der Waals surface area (Å²) in [7, 11) is 0. The van der Waals surface area contributed by atoms with Crippen LogP contribution >= 0.6 is 11.3 Å².